The molecule has 1 saturated carbocycles. The maximum atomic E-state index is 11.2. The fourth-order valence-electron chi connectivity index (χ4n) is 2.73. The Morgan fingerprint density at radius 1 is 1.35 bits per heavy atom. The summed E-state index contributed by atoms with van der Waals surface area (Å²) in [6, 6.07) is 2.04. The normalized spacial score (nSPS) is 21.0. The van der Waals surface area contributed by atoms with Crippen LogP contribution in [-0.4, -0.2) is 43.3 Å². The number of aliphatic hydroxyl groups excluding tert-OH is 1. The predicted octanol–water partition coefficient (Wildman–Crippen LogP) is 1.54. The number of carbonyl (C=O) groups is 1. The van der Waals surface area contributed by atoms with Crippen LogP contribution in [0.5, 0.6) is 0 Å². The van der Waals surface area contributed by atoms with Crippen molar-refractivity contribution in [1.29, 1.82) is 0 Å². The number of hydrogen-bond acceptors (Lipinski definition) is 6. The lowest BCUT2D eigenvalue weighted by molar-refractivity contribution is -0.114. The molecule has 8 heteroatoms. The van der Waals surface area contributed by atoms with Gasteiger partial charge >= 0.3 is 0 Å². The molecule has 4 N–H and O–H groups in total. The first-order valence-corrected chi connectivity index (χ1v) is 7.71. The molecule has 0 unspecified atom stereocenters. The van der Waals surface area contributed by atoms with Gasteiger partial charge in [-0.15, -0.1) is 0 Å². The summed E-state index contributed by atoms with van der Waals surface area (Å²) in [4.78, 5) is 20.0. The topological polar surface area (TPSA) is 116 Å². The van der Waals surface area contributed by atoms with Gasteiger partial charge in [-0.05, 0) is 31.7 Å². The van der Waals surface area contributed by atoms with Gasteiger partial charge < -0.3 is 15.7 Å². The minimum atomic E-state index is -0.188. The van der Waals surface area contributed by atoms with Crippen molar-refractivity contribution in [2.24, 2.45) is 0 Å². The maximum absolute atomic E-state index is 11.2. The van der Waals surface area contributed by atoms with Crippen molar-refractivity contribution in [1.82, 2.24) is 20.2 Å². The van der Waals surface area contributed by atoms with Crippen LogP contribution in [0.15, 0.2) is 18.5 Å². The van der Waals surface area contributed by atoms with Gasteiger partial charge in [0.15, 0.2) is 0 Å². The van der Waals surface area contributed by atoms with Crippen LogP contribution in [0.2, 0.25) is 0 Å². The van der Waals surface area contributed by atoms with Crippen LogP contribution in [-0.2, 0) is 4.79 Å². The van der Waals surface area contributed by atoms with E-state index in [0.29, 0.717) is 23.0 Å². The smallest absolute Gasteiger partial charge is 0.223 e. The van der Waals surface area contributed by atoms with Crippen LogP contribution in [0, 0.1) is 0 Å². The minimum absolute atomic E-state index is 0.177. The lowest BCUT2D eigenvalue weighted by Crippen LogP contribution is -2.28. The first-order valence-electron chi connectivity index (χ1n) is 7.71. The van der Waals surface area contributed by atoms with Gasteiger partial charge in [0.2, 0.25) is 11.9 Å². The first kappa shape index (κ1) is 15.4. The molecule has 23 heavy (non-hydrogen) atoms. The zero-order valence-corrected chi connectivity index (χ0v) is 12.9. The van der Waals surface area contributed by atoms with Crippen molar-refractivity contribution in [3.8, 4) is 11.3 Å². The molecule has 0 aromatic carbocycles. The van der Waals surface area contributed by atoms with Crippen molar-refractivity contribution in [2.75, 3.05) is 10.6 Å². The summed E-state index contributed by atoms with van der Waals surface area (Å²) in [5.74, 6) is 0.880. The van der Waals surface area contributed by atoms with E-state index in [1.54, 1.807) is 18.5 Å². The largest absolute Gasteiger partial charge is 0.393 e. The first-order chi connectivity index (χ1) is 11.1. The lowest BCUT2D eigenvalue weighted by Gasteiger charge is -2.26. The van der Waals surface area contributed by atoms with Gasteiger partial charge in [-0.3, -0.25) is 9.89 Å². The van der Waals surface area contributed by atoms with Gasteiger partial charge in [0.1, 0.15) is 5.82 Å². The summed E-state index contributed by atoms with van der Waals surface area (Å²) in [7, 11) is 0. The van der Waals surface area contributed by atoms with Gasteiger partial charge in [-0.1, -0.05) is 0 Å². The van der Waals surface area contributed by atoms with Crippen molar-refractivity contribution < 1.29 is 9.90 Å². The van der Waals surface area contributed by atoms with E-state index < -0.39 is 0 Å². The molecule has 0 radical (unpaired) electrons. The molecule has 1 aliphatic carbocycles. The third-order valence-electron chi connectivity index (χ3n) is 3.90. The molecule has 8 nitrogen and oxygen atoms in total. The third-order valence-corrected chi connectivity index (χ3v) is 3.90. The molecule has 2 aromatic heterocycles. The number of aromatic amines is 1. The number of nitrogens with zero attached hydrogens (tertiary/aromatic N) is 3. The van der Waals surface area contributed by atoms with E-state index in [0.717, 1.165) is 25.7 Å². The fourth-order valence-corrected chi connectivity index (χ4v) is 2.73. The van der Waals surface area contributed by atoms with E-state index in [2.05, 4.69) is 30.8 Å². The molecule has 3 rings (SSSR count). The van der Waals surface area contributed by atoms with Crippen LogP contribution in [0.1, 0.15) is 32.6 Å². The van der Waals surface area contributed by atoms with E-state index in [1.807, 2.05) is 0 Å². The number of amides is 1. The van der Waals surface area contributed by atoms with E-state index in [1.165, 1.54) is 6.92 Å². The van der Waals surface area contributed by atoms with Crippen molar-refractivity contribution in [2.45, 2.75) is 44.8 Å². The second kappa shape index (κ2) is 6.74. The average molecular weight is 316 g/mol. The molecule has 122 valence electrons. The van der Waals surface area contributed by atoms with Gasteiger partial charge in [0.25, 0.3) is 0 Å². The molecule has 2 aromatic rings. The number of carbonyl (C=O) groups excluding carboxylic acids is 1. The number of nitrogens with one attached hydrogen (secondary N) is 3. The SMILES string of the molecule is CC(=O)Nc1[nH]ncc1-c1ccnc(NC2CCC(O)CC2)n1. The molecule has 0 saturated heterocycles. The predicted molar refractivity (Wildman–Crippen MR) is 85.8 cm³/mol. The number of anilines is 2. The monoisotopic (exact) mass is 316 g/mol. The quantitative estimate of drug-likeness (QED) is 0.680. The maximum Gasteiger partial charge on any atom is 0.223 e. The van der Waals surface area contributed by atoms with Crippen molar-refractivity contribution in [3.63, 3.8) is 0 Å². The molecular formula is C15H20N6O2. The standard InChI is InChI=1S/C15H20N6O2/c1-9(22)18-14-12(8-17-21-14)13-6-7-16-15(20-13)19-10-2-4-11(23)5-3-10/h6-8,10-11,23H,2-5H2,1H3,(H,16,19,20)(H2,17,18,21,22). The number of H-pyrrole nitrogens is 1. The van der Waals surface area contributed by atoms with Gasteiger partial charge in [-0.25, -0.2) is 9.97 Å². The molecule has 0 aliphatic heterocycles. The number of aliphatic hydroxyl groups is 1. The molecule has 0 atom stereocenters. The van der Waals surface area contributed by atoms with Crippen LogP contribution in [0.3, 0.4) is 0 Å². The number of hydrogen-bond donors (Lipinski definition) is 4. The molecule has 1 fully saturated rings. The Hall–Kier alpha value is -2.48. The lowest BCUT2D eigenvalue weighted by atomic mass is 9.93. The molecule has 2 heterocycles. The Bertz CT molecular complexity index is 678. The van der Waals surface area contributed by atoms with Crippen LogP contribution in [0.4, 0.5) is 11.8 Å². The molecular weight excluding hydrogens is 296 g/mol. The van der Waals surface area contributed by atoms with Crippen LogP contribution >= 0.6 is 0 Å². The zero-order valence-electron chi connectivity index (χ0n) is 12.9. The van der Waals surface area contributed by atoms with Gasteiger partial charge in [0.05, 0.1) is 23.6 Å². The van der Waals surface area contributed by atoms with Crippen LogP contribution < -0.4 is 10.6 Å². The summed E-state index contributed by atoms with van der Waals surface area (Å²) < 4.78 is 0. The van der Waals surface area contributed by atoms with E-state index in [4.69, 9.17) is 0 Å². The molecule has 1 aliphatic rings. The van der Waals surface area contributed by atoms with E-state index in [-0.39, 0.29) is 18.1 Å². The fraction of sp³-hybridized carbons (Fsp3) is 0.467. The number of rotatable bonds is 4. The molecule has 1 amide bonds. The van der Waals surface area contributed by atoms with E-state index in [9.17, 15) is 9.90 Å². The van der Waals surface area contributed by atoms with Gasteiger partial charge in [-0.2, -0.15) is 5.10 Å². The van der Waals surface area contributed by atoms with E-state index >= 15 is 0 Å². The molecule has 0 spiro atoms. The second-order valence-corrected chi connectivity index (χ2v) is 5.76. The highest BCUT2D eigenvalue weighted by Crippen LogP contribution is 2.25. The van der Waals surface area contributed by atoms with Crippen LogP contribution in [0.25, 0.3) is 11.3 Å². The van der Waals surface area contributed by atoms with Crippen molar-refractivity contribution in [3.05, 3.63) is 18.5 Å². The number of aromatic nitrogens is 4. The highest BCUT2D eigenvalue weighted by atomic mass is 16.3. The third kappa shape index (κ3) is 3.84. The summed E-state index contributed by atoms with van der Waals surface area (Å²) in [5.41, 5.74) is 1.39. The second-order valence-electron chi connectivity index (χ2n) is 5.76. The van der Waals surface area contributed by atoms with Gasteiger partial charge in [0, 0.05) is 19.2 Å². The summed E-state index contributed by atoms with van der Waals surface area (Å²) in [6.45, 7) is 1.44. The Labute approximate surface area is 133 Å². The molecule has 0 bridgehead atoms. The Morgan fingerprint density at radius 3 is 2.87 bits per heavy atom. The summed E-state index contributed by atoms with van der Waals surface area (Å²) in [6.07, 6.45) is 6.50. The summed E-state index contributed by atoms with van der Waals surface area (Å²) >= 11 is 0. The Kier molecular flexibility index (Phi) is 4.52. The van der Waals surface area contributed by atoms with Crippen molar-refractivity contribution >= 4 is 17.7 Å². The average Bonchev–Trinajstić information content (AvgIpc) is 2.97. The summed E-state index contributed by atoms with van der Waals surface area (Å²) in [5, 5.41) is 22.3. The zero-order chi connectivity index (χ0) is 16.2. The highest BCUT2D eigenvalue weighted by molar-refractivity contribution is 5.91. The minimum Gasteiger partial charge on any atom is -0.393 e. The Morgan fingerprint density at radius 2 is 2.13 bits per heavy atom. The highest BCUT2D eigenvalue weighted by Gasteiger charge is 2.20. The Balaban J connectivity index is 1.75.